The highest BCUT2D eigenvalue weighted by Crippen LogP contribution is 2.03. The van der Waals surface area contributed by atoms with Gasteiger partial charge in [0, 0.05) is 24.8 Å². The topological polar surface area (TPSA) is 50.1 Å². The predicted octanol–water partition coefficient (Wildman–Crippen LogP) is 0.934. The van der Waals surface area contributed by atoms with Crippen LogP contribution in [0.3, 0.4) is 0 Å². The molecule has 0 aliphatic carbocycles. The molecule has 4 heteroatoms. The lowest BCUT2D eigenvalue weighted by molar-refractivity contribution is 0.250. The van der Waals surface area contributed by atoms with Crippen LogP contribution in [0.4, 0.5) is 0 Å². The van der Waals surface area contributed by atoms with E-state index in [0.717, 1.165) is 5.69 Å². The van der Waals surface area contributed by atoms with Crippen LogP contribution in [0.1, 0.15) is 32.5 Å². The van der Waals surface area contributed by atoms with Crippen LogP contribution in [0.25, 0.3) is 0 Å². The highest BCUT2D eigenvalue weighted by Gasteiger charge is 2.03. The van der Waals surface area contributed by atoms with Gasteiger partial charge in [0.1, 0.15) is 0 Å². The normalized spacial score (nSPS) is 13.5. The SMILES string of the molecule is CC(CO)NCc1ccn(C(C)C)n1. The van der Waals surface area contributed by atoms with E-state index < -0.39 is 0 Å². The molecular formula is C10H19N3O. The molecule has 1 unspecified atom stereocenters. The van der Waals surface area contributed by atoms with Crippen molar-refractivity contribution in [2.24, 2.45) is 0 Å². The molecule has 0 aromatic carbocycles. The maximum Gasteiger partial charge on any atom is 0.0762 e. The summed E-state index contributed by atoms with van der Waals surface area (Å²) in [7, 11) is 0. The molecule has 0 aliphatic rings. The molecule has 0 aliphatic heterocycles. The summed E-state index contributed by atoms with van der Waals surface area (Å²) in [4.78, 5) is 0. The van der Waals surface area contributed by atoms with Gasteiger partial charge in [0.25, 0.3) is 0 Å². The Hall–Kier alpha value is -0.870. The van der Waals surface area contributed by atoms with Gasteiger partial charge in [-0.3, -0.25) is 4.68 Å². The third-order valence-electron chi connectivity index (χ3n) is 2.10. The summed E-state index contributed by atoms with van der Waals surface area (Å²) >= 11 is 0. The average Bonchev–Trinajstić information content (AvgIpc) is 2.62. The Morgan fingerprint density at radius 3 is 2.71 bits per heavy atom. The van der Waals surface area contributed by atoms with Crippen LogP contribution >= 0.6 is 0 Å². The summed E-state index contributed by atoms with van der Waals surface area (Å²) in [6.07, 6.45) is 1.98. The molecule has 1 aromatic rings. The first-order valence-electron chi connectivity index (χ1n) is 5.01. The van der Waals surface area contributed by atoms with E-state index in [4.69, 9.17) is 5.11 Å². The molecular weight excluding hydrogens is 178 g/mol. The van der Waals surface area contributed by atoms with E-state index in [1.165, 1.54) is 0 Å². The Balaban J connectivity index is 2.44. The van der Waals surface area contributed by atoms with Crippen LogP contribution in [0.5, 0.6) is 0 Å². The first-order valence-corrected chi connectivity index (χ1v) is 5.01. The van der Waals surface area contributed by atoms with Gasteiger partial charge in [-0.2, -0.15) is 5.10 Å². The van der Waals surface area contributed by atoms with Crippen molar-refractivity contribution in [3.05, 3.63) is 18.0 Å². The van der Waals surface area contributed by atoms with Crippen molar-refractivity contribution in [2.45, 2.75) is 39.4 Å². The molecule has 1 rings (SSSR count). The zero-order valence-electron chi connectivity index (χ0n) is 9.07. The molecule has 14 heavy (non-hydrogen) atoms. The van der Waals surface area contributed by atoms with E-state index in [0.29, 0.717) is 12.6 Å². The third kappa shape index (κ3) is 3.12. The Morgan fingerprint density at radius 2 is 2.21 bits per heavy atom. The molecule has 1 atom stereocenters. The summed E-state index contributed by atoms with van der Waals surface area (Å²) in [5.74, 6) is 0. The van der Waals surface area contributed by atoms with E-state index >= 15 is 0 Å². The van der Waals surface area contributed by atoms with Crippen molar-refractivity contribution in [3.63, 3.8) is 0 Å². The lowest BCUT2D eigenvalue weighted by Gasteiger charge is -2.08. The molecule has 0 saturated carbocycles. The minimum atomic E-state index is 0.124. The Labute approximate surface area is 84.9 Å². The minimum Gasteiger partial charge on any atom is -0.395 e. The lowest BCUT2D eigenvalue weighted by Crippen LogP contribution is -2.28. The number of aliphatic hydroxyl groups is 1. The molecule has 4 nitrogen and oxygen atoms in total. The van der Waals surface area contributed by atoms with Gasteiger partial charge >= 0.3 is 0 Å². The summed E-state index contributed by atoms with van der Waals surface area (Å²) in [6, 6.07) is 2.52. The molecule has 0 fully saturated rings. The number of rotatable bonds is 5. The van der Waals surface area contributed by atoms with Gasteiger partial charge in [0.05, 0.1) is 12.3 Å². The fourth-order valence-corrected chi connectivity index (χ4v) is 1.10. The predicted molar refractivity (Wildman–Crippen MR) is 56.0 cm³/mol. The molecule has 1 aromatic heterocycles. The standard InChI is InChI=1S/C10H19N3O/c1-8(2)13-5-4-10(12-13)6-11-9(3)7-14/h4-5,8-9,11,14H,6-7H2,1-3H3. The van der Waals surface area contributed by atoms with Crippen molar-refractivity contribution in [1.29, 1.82) is 0 Å². The fraction of sp³-hybridized carbons (Fsp3) is 0.700. The Bertz CT molecular complexity index is 270. The van der Waals surface area contributed by atoms with Gasteiger partial charge in [-0.25, -0.2) is 0 Å². The molecule has 0 saturated heterocycles. The van der Waals surface area contributed by atoms with Crippen molar-refractivity contribution < 1.29 is 5.11 Å². The van der Waals surface area contributed by atoms with Crippen molar-refractivity contribution in [3.8, 4) is 0 Å². The second kappa shape index (κ2) is 5.12. The van der Waals surface area contributed by atoms with Gasteiger partial charge in [0.15, 0.2) is 0 Å². The monoisotopic (exact) mass is 197 g/mol. The molecule has 80 valence electrons. The molecule has 0 radical (unpaired) electrons. The first-order chi connectivity index (χ1) is 6.63. The molecule has 0 amide bonds. The molecule has 1 heterocycles. The van der Waals surface area contributed by atoms with Gasteiger partial charge in [0.2, 0.25) is 0 Å². The van der Waals surface area contributed by atoms with Gasteiger partial charge in [-0.15, -0.1) is 0 Å². The number of hydrogen-bond donors (Lipinski definition) is 2. The second-order valence-electron chi connectivity index (χ2n) is 3.85. The quantitative estimate of drug-likeness (QED) is 0.738. The molecule has 0 spiro atoms. The third-order valence-corrected chi connectivity index (χ3v) is 2.10. The van der Waals surface area contributed by atoms with Crippen LogP contribution in [-0.2, 0) is 6.54 Å². The van der Waals surface area contributed by atoms with E-state index in [-0.39, 0.29) is 12.6 Å². The minimum absolute atomic E-state index is 0.124. The first kappa shape index (κ1) is 11.2. The Kier molecular flexibility index (Phi) is 4.10. The van der Waals surface area contributed by atoms with Crippen LogP contribution in [0, 0.1) is 0 Å². The zero-order valence-corrected chi connectivity index (χ0v) is 9.07. The van der Waals surface area contributed by atoms with Gasteiger partial charge in [-0.05, 0) is 26.8 Å². The summed E-state index contributed by atoms with van der Waals surface area (Å²) in [5.41, 5.74) is 1.01. The Morgan fingerprint density at radius 1 is 1.50 bits per heavy atom. The molecule has 2 N–H and O–H groups in total. The van der Waals surface area contributed by atoms with Crippen molar-refractivity contribution in [1.82, 2.24) is 15.1 Å². The largest absolute Gasteiger partial charge is 0.395 e. The smallest absolute Gasteiger partial charge is 0.0762 e. The number of nitrogens with one attached hydrogen (secondary N) is 1. The average molecular weight is 197 g/mol. The summed E-state index contributed by atoms with van der Waals surface area (Å²) < 4.78 is 1.93. The van der Waals surface area contributed by atoms with Crippen LogP contribution in [-0.4, -0.2) is 27.5 Å². The van der Waals surface area contributed by atoms with E-state index in [2.05, 4.69) is 24.3 Å². The highest BCUT2D eigenvalue weighted by molar-refractivity contribution is 4.99. The van der Waals surface area contributed by atoms with Crippen molar-refractivity contribution >= 4 is 0 Å². The summed E-state index contributed by atoms with van der Waals surface area (Å²) in [5, 5.41) is 16.4. The highest BCUT2D eigenvalue weighted by atomic mass is 16.3. The number of aromatic nitrogens is 2. The van der Waals surface area contributed by atoms with Gasteiger partial charge < -0.3 is 10.4 Å². The van der Waals surface area contributed by atoms with E-state index in [9.17, 15) is 0 Å². The van der Waals surface area contributed by atoms with E-state index in [1.807, 2.05) is 23.9 Å². The number of aliphatic hydroxyl groups excluding tert-OH is 1. The van der Waals surface area contributed by atoms with Crippen LogP contribution in [0.15, 0.2) is 12.3 Å². The lowest BCUT2D eigenvalue weighted by atomic mass is 10.3. The van der Waals surface area contributed by atoms with Gasteiger partial charge in [-0.1, -0.05) is 0 Å². The zero-order chi connectivity index (χ0) is 10.6. The van der Waals surface area contributed by atoms with Crippen LogP contribution in [0.2, 0.25) is 0 Å². The van der Waals surface area contributed by atoms with Crippen molar-refractivity contribution in [2.75, 3.05) is 6.61 Å². The number of hydrogen-bond acceptors (Lipinski definition) is 3. The maximum atomic E-state index is 8.82. The number of nitrogens with zero attached hydrogens (tertiary/aromatic N) is 2. The van der Waals surface area contributed by atoms with Crippen LogP contribution < -0.4 is 5.32 Å². The van der Waals surface area contributed by atoms with E-state index in [1.54, 1.807) is 0 Å². The molecule has 0 bridgehead atoms. The second-order valence-corrected chi connectivity index (χ2v) is 3.85. The fourth-order valence-electron chi connectivity index (χ4n) is 1.10. The summed E-state index contributed by atoms with van der Waals surface area (Å²) in [6.45, 7) is 7.01. The maximum absolute atomic E-state index is 8.82.